The van der Waals surface area contributed by atoms with E-state index >= 15 is 0 Å². The van der Waals surface area contributed by atoms with Crippen LogP contribution in [-0.2, 0) is 0 Å². The summed E-state index contributed by atoms with van der Waals surface area (Å²) in [7, 11) is 1.71. The molecule has 0 saturated carbocycles. The number of aryl methyl sites for hydroxylation is 1. The van der Waals surface area contributed by atoms with Gasteiger partial charge in [-0.3, -0.25) is 0 Å². The fourth-order valence-corrected chi connectivity index (χ4v) is 2.26. The molecule has 2 aromatic rings. The highest BCUT2D eigenvalue weighted by Crippen LogP contribution is 2.28. The number of hydrogen-bond acceptors (Lipinski definition) is 3. The molecule has 2 atom stereocenters. The Bertz CT molecular complexity index is 520. The first-order valence-electron chi connectivity index (χ1n) is 6.55. The average Bonchev–Trinajstić information content (AvgIpc) is 2.92. The van der Waals surface area contributed by atoms with Crippen molar-refractivity contribution >= 4 is 0 Å². The van der Waals surface area contributed by atoms with Gasteiger partial charge in [-0.25, -0.2) is 0 Å². The molecule has 102 valence electrons. The largest absolute Gasteiger partial charge is 0.496 e. The fourth-order valence-electron chi connectivity index (χ4n) is 2.26. The van der Waals surface area contributed by atoms with Crippen molar-refractivity contribution in [1.82, 2.24) is 5.32 Å². The van der Waals surface area contributed by atoms with E-state index in [1.165, 1.54) is 5.56 Å². The van der Waals surface area contributed by atoms with Gasteiger partial charge in [0.1, 0.15) is 11.5 Å². The molecule has 2 rings (SSSR count). The van der Waals surface area contributed by atoms with Crippen LogP contribution in [0.4, 0.5) is 0 Å². The second-order valence-corrected chi connectivity index (χ2v) is 4.87. The van der Waals surface area contributed by atoms with Crippen molar-refractivity contribution in [3.8, 4) is 5.75 Å². The maximum Gasteiger partial charge on any atom is 0.123 e. The quantitative estimate of drug-likeness (QED) is 0.881. The third kappa shape index (κ3) is 3.18. The molecule has 1 N–H and O–H groups in total. The van der Waals surface area contributed by atoms with Gasteiger partial charge in [0.2, 0.25) is 0 Å². The number of ether oxygens (including phenoxy) is 1. The molecule has 0 radical (unpaired) electrons. The minimum atomic E-state index is 0.163. The molecule has 3 nitrogen and oxygen atoms in total. The standard InChI is InChI=1S/C16H21NO2/c1-11-7-8-14(16(10-11)18-4)12(2)17-13(3)15-6-5-9-19-15/h5-10,12-13,17H,1-4H3/t12?,13-/m1/s1. The molecule has 1 aromatic carbocycles. The maximum absolute atomic E-state index is 5.46. The van der Waals surface area contributed by atoms with Crippen molar-refractivity contribution in [2.45, 2.75) is 32.9 Å². The molecule has 0 bridgehead atoms. The van der Waals surface area contributed by atoms with Gasteiger partial charge < -0.3 is 14.5 Å². The van der Waals surface area contributed by atoms with E-state index in [1.807, 2.05) is 12.1 Å². The molecule has 1 unspecified atom stereocenters. The van der Waals surface area contributed by atoms with E-state index in [-0.39, 0.29) is 12.1 Å². The maximum atomic E-state index is 5.46. The van der Waals surface area contributed by atoms with Gasteiger partial charge in [0.25, 0.3) is 0 Å². The zero-order valence-corrected chi connectivity index (χ0v) is 11.9. The first-order valence-corrected chi connectivity index (χ1v) is 6.55. The normalized spacial score (nSPS) is 14.1. The van der Waals surface area contributed by atoms with Crippen molar-refractivity contribution in [2.24, 2.45) is 0 Å². The average molecular weight is 259 g/mol. The predicted molar refractivity (Wildman–Crippen MR) is 76.4 cm³/mol. The van der Waals surface area contributed by atoms with Gasteiger partial charge in [0, 0.05) is 11.6 Å². The molecule has 0 aliphatic heterocycles. The van der Waals surface area contributed by atoms with Gasteiger partial charge in [-0.15, -0.1) is 0 Å². The number of methoxy groups -OCH3 is 1. The van der Waals surface area contributed by atoms with E-state index in [9.17, 15) is 0 Å². The number of hydrogen-bond donors (Lipinski definition) is 1. The smallest absolute Gasteiger partial charge is 0.123 e. The van der Waals surface area contributed by atoms with Crippen LogP contribution in [0.5, 0.6) is 5.75 Å². The van der Waals surface area contributed by atoms with Crippen molar-refractivity contribution in [3.05, 3.63) is 53.5 Å². The molecule has 0 aliphatic carbocycles. The van der Waals surface area contributed by atoms with Gasteiger partial charge in [-0.05, 0) is 44.5 Å². The molecule has 0 spiro atoms. The van der Waals surface area contributed by atoms with E-state index in [0.29, 0.717) is 0 Å². The molecule has 0 amide bonds. The second-order valence-electron chi connectivity index (χ2n) is 4.87. The summed E-state index contributed by atoms with van der Waals surface area (Å²) in [5, 5.41) is 3.52. The van der Waals surface area contributed by atoms with Crippen LogP contribution < -0.4 is 10.1 Å². The highest BCUT2D eigenvalue weighted by atomic mass is 16.5. The van der Waals surface area contributed by atoms with Crippen LogP contribution in [0, 0.1) is 6.92 Å². The summed E-state index contributed by atoms with van der Waals surface area (Å²) in [5.74, 6) is 1.87. The predicted octanol–water partition coefficient (Wildman–Crippen LogP) is 4.01. The van der Waals surface area contributed by atoms with Gasteiger partial charge in [0.15, 0.2) is 0 Å². The fraction of sp³-hybridized carbons (Fsp3) is 0.375. The Labute approximate surface area is 114 Å². The lowest BCUT2D eigenvalue weighted by Crippen LogP contribution is -2.22. The van der Waals surface area contributed by atoms with Crippen molar-refractivity contribution in [2.75, 3.05) is 7.11 Å². The first kappa shape index (κ1) is 13.7. The Balaban J connectivity index is 2.13. The van der Waals surface area contributed by atoms with Crippen LogP contribution in [0.3, 0.4) is 0 Å². The Morgan fingerprint density at radius 2 is 1.95 bits per heavy atom. The number of furan rings is 1. The monoisotopic (exact) mass is 259 g/mol. The molecule has 19 heavy (non-hydrogen) atoms. The van der Waals surface area contributed by atoms with Gasteiger partial charge >= 0.3 is 0 Å². The van der Waals surface area contributed by atoms with Gasteiger partial charge in [0.05, 0.1) is 19.4 Å². The van der Waals surface area contributed by atoms with Crippen LogP contribution in [-0.4, -0.2) is 7.11 Å². The summed E-state index contributed by atoms with van der Waals surface area (Å²) in [6.07, 6.45) is 1.70. The van der Waals surface area contributed by atoms with Crippen LogP contribution >= 0.6 is 0 Å². The zero-order valence-electron chi connectivity index (χ0n) is 11.9. The summed E-state index contributed by atoms with van der Waals surface area (Å²) in [5.41, 5.74) is 2.36. The molecule has 0 saturated heterocycles. The molecular weight excluding hydrogens is 238 g/mol. The van der Waals surface area contributed by atoms with Crippen molar-refractivity contribution in [3.63, 3.8) is 0 Å². The van der Waals surface area contributed by atoms with Crippen molar-refractivity contribution in [1.29, 1.82) is 0 Å². The summed E-state index contributed by atoms with van der Waals surface area (Å²) in [6.45, 7) is 6.29. The first-order chi connectivity index (χ1) is 9.11. The molecule has 3 heteroatoms. The lowest BCUT2D eigenvalue weighted by atomic mass is 10.0. The summed E-state index contributed by atoms with van der Waals surface area (Å²) < 4.78 is 10.9. The Kier molecular flexibility index (Phi) is 4.27. The highest BCUT2D eigenvalue weighted by Gasteiger charge is 2.16. The third-order valence-corrected chi connectivity index (χ3v) is 3.33. The van der Waals surface area contributed by atoms with Crippen LogP contribution in [0.25, 0.3) is 0 Å². The number of benzene rings is 1. The van der Waals surface area contributed by atoms with E-state index in [1.54, 1.807) is 13.4 Å². The lowest BCUT2D eigenvalue weighted by Gasteiger charge is -2.21. The summed E-state index contributed by atoms with van der Waals surface area (Å²) >= 11 is 0. The van der Waals surface area contributed by atoms with E-state index in [0.717, 1.165) is 17.1 Å². The van der Waals surface area contributed by atoms with Crippen LogP contribution in [0.15, 0.2) is 41.0 Å². The van der Waals surface area contributed by atoms with E-state index < -0.39 is 0 Å². The lowest BCUT2D eigenvalue weighted by molar-refractivity contribution is 0.379. The molecule has 0 fully saturated rings. The topological polar surface area (TPSA) is 34.4 Å². The SMILES string of the molecule is COc1cc(C)ccc1C(C)N[C@H](C)c1ccco1. The summed E-state index contributed by atoms with van der Waals surface area (Å²) in [6, 6.07) is 10.5. The summed E-state index contributed by atoms with van der Waals surface area (Å²) in [4.78, 5) is 0. The van der Waals surface area contributed by atoms with Crippen LogP contribution in [0.2, 0.25) is 0 Å². The van der Waals surface area contributed by atoms with Crippen LogP contribution in [0.1, 0.15) is 42.8 Å². The van der Waals surface area contributed by atoms with E-state index in [4.69, 9.17) is 9.15 Å². The molecule has 1 heterocycles. The zero-order chi connectivity index (χ0) is 13.8. The van der Waals surface area contributed by atoms with E-state index in [2.05, 4.69) is 44.3 Å². The number of rotatable bonds is 5. The second kappa shape index (κ2) is 5.93. The molecular formula is C16H21NO2. The van der Waals surface area contributed by atoms with Crippen molar-refractivity contribution < 1.29 is 9.15 Å². The van der Waals surface area contributed by atoms with Gasteiger partial charge in [-0.2, -0.15) is 0 Å². The Morgan fingerprint density at radius 1 is 1.16 bits per heavy atom. The number of nitrogens with one attached hydrogen (secondary N) is 1. The van der Waals surface area contributed by atoms with Gasteiger partial charge in [-0.1, -0.05) is 12.1 Å². The Hall–Kier alpha value is -1.74. The molecule has 0 aliphatic rings. The Morgan fingerprint density at radius 3 is 2.58 bits per heavy atom. The molecule has 1 aromatic heterocycles. The highest BCUT2D eigenvalue weighted by molar-refractivity contribution is 5.39. The minimum absolute atomic E-state index is 0.163. The minimum Gasteiger partial charge on any atom is -0.496 e. The third-order valence-electron chi connectivity index (χ3n) is 3.33.